The number of aromatic amines is 2. The summed E-state index contributed by atoms with van der Waals surface area (Å²) in [7, 11) is 0. The maximum Gasteiger partial charge on any atom is 0.416 e. The molecule has 2 aromatic carbocycles. The minimum atomic E-state index is -4.40. The highest BCUT2D eigenvalue weighted by atomic mass is 19.4. The molecule has 4 rings (SSSR count). The Balaban J connectivity index is 1.59. The number of piperidine rings is 1. The fraction of sp³-hybridized carbons (Fsp3) is 0.391. The largest absolute Gasteiger partial charge is 0.416 e. The van der Waals surface area contributed by atoms with Crippen LogP contribution in [-0.2, 0) is 17.5 Å². The van der Waals surface area contributed by atoms with Crippen LogP contribution in [-0.4, -0.2) is 32.7 Å². The normalized spacial score (nSPS) is 20.9. The molecule has 1 fully saturated rings. The molecule has 2 heterocycles. The lowest BCUT2D eigenvalue weighted by atomic mass is 9.91. The third kappa shape index (κ3) is 5.11. The van der Waals surface area contributed by atoms with Crippen molar-refractivity contribution >= 4 is 0 Å². The van der Waals surface area contributed by atoms with Gasteiger partial charge in [-0.3, -0.25) is 9.88 Å². The molecular weight excluding hydrogens is 421 g/mol. The molecule has 1 saturated heterocycles. The molecule has 0 bridgehead atoms. The van der Waals surface area contributed by atoms with E-state index in [1.165, 1.54) is 6.07 Å². The number of nitrogens with one attached hydrogen (secondary N) is 2. The van der Waals surface area contributed by atoms with Crippen LogP contribution in [0.2, 0.25) is 0 Å². The number of benzene rings is 2. The van der Waals surface area contributed by atoms with E-state index < -0.39 is 17.8 Å². The molecule has 3 atom stereocenters. The number of likely N-dealkylation sites (tertiary alicyclic amines) is 1. The fourth-order valence-electron chi connectivity index (χ4n) is 4.30. The van der Waals surface area contributed by atoms with Gasteiger partial charge in [-0.05, 0) is 49.6 Å². The van der Waals surface area contributed by atoms with Gasteiger partial charge in [0.05, 0.1) is 30.4 Å². The highest BCUT2D eigenvalue weighted by Crippen LogP contribution is 2.37. The third-order valence-electron chi connectivity index (χ3n) is 5.79. The minimum Gasteiger partial charge on any atom is -0.369 e. The number of hydrogen-bond acceptors (Lipinski definition) is 4. The van der Waals surface area contributed by atoms with E-state index in [1.54, 1.807) is 13.0 Å². The smallest absolute Gasteiger partial charge is 0.369 e. The topological polar surface area (TPSA) is 74.0 Å². The van der Waals surface area contributed by atoms with Crippen LogP contribution in [0.1, 0.15) is 54.4 Å². The van der Waals surface area contributed by atoms with Crippen LogP contribution < -0.4 is 5.69 Å². The summed E-state index contributed by atoms with van der Waals surface area (Å²) in [5.74, 6) is 0.530. The van der Waals surface area contributed by atoms with Gasteiger partial charge in [-0.2, -0.15) is 18.3 Å². The first-order chi connectivity index (χ1) is 15.3. The number of hydrogen-bond donors (Lipinski definition) is 2. The highest BCUT2D eigenvalue weighted by molar-refractivity contribution is 5.27. The van der Waals surface area contributed by atoms with Crippen molar-refractivity contribution in [2.45, 2.75) is 50.7 Å². The SMILES string of the molecule is CC(OC1CCCN(Cc2n[nH]c(=O)[nH]2)C1c1ccccc1)c1cccc(C(F)(F)F)c1. The van der Waals surface area contributed by atoms with E-state index in [1.807, 2.05) is 30.3 Å². The summed E-state index contributed by atoms with van der Waals surface area (Å²) in [5, 5.41) is 6.41. The monoisotopic (exact) mass is 446 g/mol. The van der Waals surface area contributed by atoms with Crippen LogP contribution in [0.25, 0.3) is 0 Å². The first-order valence-electron chi connectivity index (χ1n) is 10.6. The summed E-state index contributed by atoms with van der Waals surface area (Å²) in [4.78, 5) is 16.3. The molecule has 1 aliphatic heterocycles. The fourth-order valence-corrected chi connectivity index (χ4v) is 4.30. The van der Waals surface area contributed by atoms with Gasteiger partial charge in [0.2, 0.25) is 0 Å². The average molecular weight is 446 g/mol. The predicted octanol–water partition coefficient (Wildman–Crippen LogP) is 4.60. The summed E-state index contributed by atoms with van der Waals surface area (Å²) in [6.45, 7) is 2.99. The van der Waals surface area contributed by atoms with Crippen LogP contribution in [0.5, 0.6) is 0 Å². The lowest BCUT2D eigenvalue weighted by Gasteiger charge is -2.42. The van der Waals surface area contributed by atoms with Gasteiger partial charge in [-0.1, -0.05) is 42.5 Å². The Kier molecular flexibility index (Phi) is 6.48. The summed E-state index contributed by atoms with van der Waals surface area (Å²) in [6.07, 6.45) is -3.52. The first kappa shape index (κ1) is 22.3. The molecule has 170 valence electrons. The third-order valence-corrected chi connectivity index (χ3v) is 5.79. The average Bonchev–Trinajstić information content (AvgIpc) is 3.18. The van der Waals surface area contributed by atoms with E-state index in [4.69, 9.17) is 4.74 Å². The lowest BCUT2D eigenvalue weighted by molar-refractivity contribution is -0.137. The number of rotatable bonds is 6. The van der Waals surface area contributed by atoms with Crippen molar-refractivity contribution in [1.82, 2.24) is 20.1 Å². The summed E-state index contributed by atoms with van der Waals surface area (Å²) >= 11 is 0. The van der Waals surface area contributed by atoms with E-state index in [-0.39, 0.29) is 17.8 Å². The van der Waals surface area contributed by atoms with E-state index >= 15 is 0 Å². The molecule has 0 aliphatic carbocycles. The molecule has 0 radical (unpaired) electrons. The zero-order valence-electron chi connectivity index (χ0n) is 17.6. The first-order valence-corrected chi connectivity index (χ1v) is 10.6. The Bertz CT molecular complexity index is 1080. The van der Waals surface area contributed by atoms with Gasteiger partial charge in [-0.25, -0.2) is 9.89 Å². The molecule has 2 N–H and O–H groups in total. The van der Waals surface area contributed by atoms with Crippen LogP contribution in [0, 0.1) is 0 Å². The second-order valence-corrected chi connectivity index (χ2v) is 8.03. The van der Waals surface area contributed by atoms with Gasteiger partial charge in [0.25, 0.3) is 0 Å². The molecule has 0 saturated carbocycles. The van der Waals surface area contributed by atoms with E-state index in [2.05, 4.69) is 20.1 Å². The van der Waals surface area contributed by atoms with Crippen molar-refractivity contribution in [3.8, 4) is 0 Å². The Morgan fingerprint density at radius 3 is 2.66 bits per heavy atom. The molecule has 6 nitrogen and oxygen atoms in total. The number of H-pyrrole nitrogens is 2. The van der Waals surface area contributed by atoms with Crippen molar-refractivity contribution in [3.05, 3.63) is 87.6 Å². The summed E-state index contributed by atoms with van der Waals surface area (Å²) < 4.78 is 45.8. The van der Waals surface area contributed by atoms with Crippen LogP contribution in [0.4, 0.5) is 13.2 Å². The van der Waals surface area contributed by atoms with Crippen LogP contribution in [0.3, 0.4) is 0 Å². The Labute approximate surface area is 183 Å². The molecule has 0 amide bonds. The van der Waals surface area contributed by atoms with Gasteiger partial charge in [0.1, 0.15) is 5.82 Å². The molecule has 1 aliphatic rings. The summed E-state index contributed by atoms with van der Waals surface area (Å²) in [5.41, 5.74) is 0.490. The van der Waals surface area contributed by atoms with E-state index in [0.29, 0.717) is 17.9 Å². The zero-order valence-corrected chi connectivity index (χ0v) is 17.6. The van der Waals surface area contributed by atoms with Crippen molar-refractivity contribution in [2.24, 2.45) is 0 Å². The van der Waals surface area contributed by atoms with Crippen molar-refractivity contribution in [3.63, 3.8) is 0 Å². The molecule has 0 spiro atoms. The van der Waals surface area contributed by atoms with Gasteiger partial charge < -0.3 is 4.74 Å². The molecule has 1 aromatic heterocycles. The van der Waals surface area contributed by atoms with Crippen molar-refractivity contribution in [2.75, 3.05) is 6.54 Å². The van der Waals surface area contributed by atoms with E-state index in [0.717, 1.165) is 37.1 Å². The van der Waals surface area contributed by atoms with Gasteiger partial charge >= 0.3 is 11.9 Å². The van der Waals surface area contributed by atoms with Gasteiger partial charge in [0.15, 0.2) is 0 Å². The van der Waals surface area contributed by atoms with E-state index in [9.17, 15) is 18.0 Å². The van der Waals surface area contributed by atoms with Crippen LogP contribution >= 0.6 is 0 Å². The lowest BCUT2D eigenvalue weighted by Crippen LogP contribution is -2.43. The molecule has 3 unspecified atom stereocenters. The number of nitrogens with zero attached hydrogens (tertiary/aromatic N) is 2. The Morgan fingerprint density at radius 1 is 1.19 bits per heavy atom. The molecule has 3 aromatic rings. The number of ether oxygens (including phenoxy) is 1. The number of aromatic nitrogens is 3. The molecule has 32 heavy (non-hydrogen) atoms. The maximum absolute atomic E-state index is 13.2. The Morgan fingerprint density at radius 2 is 1.97 bits per heavy atom. The van der Waals surface area contributed by atoms with Crippen molar-refractivity contribution in [1.29, 1.82) is 0 Å². The second-order valence-electron chi connectivity index (χ2n) is 8.03. The molecule has 9 heteroatoms. The molecular formula is C23H25F3N4O2. The summed E-state index contributed by atoms with van der Waals surface area (Å²) in [6, 6.07) is 15.0. The Hall–Kier alpha value is -2.91. The van der Waals surface area contributed by atoms with Gasteiger partial charge in [0, 0.05) is 0 Å². The van der Waals surface area contributed by atoms with Crippen LogP contribution in [0.15, 0.2) is 59.4 Å². The number of halogens is 3. The predicted molar refractivity (Wildman–Crippen MR) is 113 cm³/mol. The van der Waals surface area contributed by atoms with Crippen molar-refractivity contribution < 1.29 is 17.9 Å². The second kappa shape index (κ2) is 9.30. The van der Waals surface area contributed by atoms with Gasteiger partial charge in [-0.15, -0.1) is 0 Å². The highest BCUT2D eigenvalue weighted by Gasteiger charge is 2.36. The minimum absolute atomic E-state index is 0.126. The zero-order chi connectivity index (χ0) is 22.7. The maximum atomic E-state index is 13.2. The number of alkyl halides is 3. The quantitative estimate of drug-likeness (QED) is 0.581. The standard InChI is InChI=1S/C23H25F3N4O2/c1-15(17-9-5-10-18(13-17)23(24,25)26)32-19-11-6-12-30(14-20-27-22(31)29-28-20)21(19)16-7-3-2-4-8-16/h2-5,7-10,13,15,19,21H,6,11-12,14H2,1H3,(H2,27,28,29,31).